The molecular formula is C15H18N2O2S. The van der Waals surface area contributed by atoms with Gasteiger partial charge < -0.3 is 5.32 Å². The zero-order valence-electron chi connectivity index (χ0n) is 11.6. The number of nitrogens with zero attached hydrogens (tertiary/aromatic N) is 1. The van der Waals surface area contributed by atoms with Crippen LogP contribution < -0.4 is 5.32 Å². The minimum absolute atomic E-state index is 0.190. The van der Waals surface area contributed by atoms with Gasteiger partial charge in [-0.15, -0.1) is 0 Å². The molecule has 4 nitrogen and oxygen atoms in total. The quantitative estimate of drug-likeness (QED) is 0.652. The molecule has 1 heterocycles. The van der Waals surface area contributed by atoms with Crippen LogP contribution in [-0.2, 0) is 13.0 Å². The van der Waals surface area contributed by atoms with Crippen LogP contribution in [0, 0.1) is 17.0 Å². The van der Waals surface area contributed by atoms with Gasteiger partial charge in [-0.1, -0.05) is 12.1 Å². The van der Waals surface area contributed by atoms with Crippen LogP contribution in [0.15, 0.2) is 35.0 Å². The minimum atomic E-state index is -0.326. The Morgan fingerprint density at radius 2 is 2.20 bits per heavy atom. The van der Waals surface area contributed by atoms with Crippen molar-refractivity contribution in [3.8, 4) is 0 Å². The van der Waals surface area contributed by atoms with Crippen molar-refractivity contribution in [3.63, 3.8) is 0 Å². The molecule has 0 saturated carbocycles. The summed E-state index contributed by atoms with van der Waals surface area (Å²) in [7, 11) is 0. The summed E-state index contributed by atoms with van der Waals surface area (Å²) in [4.78, 5) is 10.6. The van der Waals surface area contributed by atoms with E-state index >= 15 is 0 Å². The first-order valence-corrected chi connectivity index (χ1v) is 7.49. The lowest BCUT2D eigenvalue weighted by Crippen LogP contribution is -2.27. The van der Waals surface area contributed by atoms with Gasteiger partial charge in [-0.3, -0.25) is 10.1 Å². The third kappa shape index (κ3) is 3.65. The third-order valence-electron chi connectivity index (χ3n) is 3.38. The molecule has 0 amide bonds. The second kappa shape index (κ2) is 6.63. The van der Waals surface area contributed by atoms with Crippen LogP contribution >= 0.6 is 11.3 Å². The van der Waals surface area contributed by atoms with Crippen LogP contribution in [0.1, 0.15) is 23.6 Å². The fourth-order valence-electron chi connectivity index (χ4n) is 2.18. The number of hydrogen-bond donors (Lipinski definition) is 1. The lowest BCUT2D eigenvalue weighted by molar-refractivity contribution is -0.385. The Bertz CT molecular complexity index is 582. The zero-order chi connectivity index (χ0) is 14.5. The summed E-state index contributed by atoms with van der Waals surface area (Å²) in [5.41, 5.74) is 3.24. The summed E-state index contributed by atoms with van der Waals surface area (Å²) in [6.45, 7) is 4.59. The van der Waals surface area contributed by atoms with Crippen molar-refractivity contribution in [1.29, 1.82) is 0 Å². The van der Waals surface area contributed by atoms with E-state index in [1.54, 1.807) is 30.4 Å². The summed E-state index contributed by atoms with van der Waals surface area (Å²) >= 11 is 1.70. The second-order valence-electron chi connectivity index (χ2n) is 4.94. The van der Waals surface area contributed by atoms with Gasteiger partial charge in [0.2, 0.25) is 0 Å². The number of benzene rings is 1. The van der Waals surface area contributed by atoms with Crippen LogP contribution in [0.5, 0.6) is 0 Å². The Labute approximate surface area is 122 Å². The molecular weight excluding hydrogens is 272 g/mol. The molecule has 106 valence electrons. The van der Waals surface area contributed by atoms with E-state index < -0.39 is 0 Å². The molecule has 1 aromatic carbocycles. The Morgan fingerprint density at radius 3 is 2.85 bits per heavy atom. The van der Waals surface area contributed by atoms with Gasteiger partial charge in [-0.25, -0.2) is 0 Å². The molecule has 0 aliphatic rings. The normalized spacial score (nSPS) is 12.3. The molecule has 2 rings (SSSR count). The van der Waals surface area contributed by atoms with Gasteiger partial charge in [0.1, 0.15) is 0 Å². The molecule has 0 aliphatic carbocycles. The SMILES string of the molecule is Cc1c(CNC(C)Cc2ccsc2)cccc1[N+](=O)[O-]. The average molecular weight is 290 g/mol. The van der Waals surface area contributed by atoms with Gasteiger partial charge in [0, 0.05) is 24.2 Å². The molecule has 0 aliphatic heterocycles. The Kier molecular flexibility index (Phi) is 4.87. The summed E-state index contributed by atoms with van der Waals surface area (Å²) in [5.74, 6) is 0. The standard InChI is InChI=1S/C15H18N2O2S/c1-11(8-13-6-7-20-10-13)16-9-14-4-3-5-15(12(14)2)17(18)19/h3-7,10-11,16H,8-9H2,1-2H3. The molecule has 20 heavy (non-hydrogen) atoms. The van der Waals surface area contributed by atoms with Crippen LogP contribution in [0.2, 0.25) is 0 Å². The molecule has 0 spiro atoms. The predicted octanol–water partition coefficient (Wildman–Crippen LogP) is 3.69. The van der Waals surface area contributed by atoms with Gasteiger partial charge in [0.25, 0.3) is 5.69 Å². The summed E-state index contributed by atoms with van der Waals surface area (Å²) in [6.07, 6.45) is 0.970. The maximum Gasteiger partial charge on any atom is 0.272 e. The smallest absolute Gasteiger partial charge is 0.272 e. The predicted molar refractivity (Wildman–Crippen MR) is 82.2 cm³/mol. The molecule has 5 heteroatoms. The van der Waals surface area contributed by atoms with Crippen molar-refractivity contribution in [1.82, 2.24) is 5.32 Å². The highest BCUT2D eigenvalue weighted by Gasteiger charge is 2.13. The highest BCUT2D eigenvalue weighted by atomic mass is 32.1. The van der Waals surface area contributed by atoms with Crippen molar-refractivity contribution in [2.24, 2.45) is 0 Å². The Hall–Kier alpha value is -1.72. The first-order chi connectivity index (χ1) is 9.58. The van der Waals surface area contributed by atoms with Crippen LogP contribution in [-0.4, -0.2) is 11.0 Å². The first-order valence-electron chi connectivity index (χ1n) is 6.55. The Morgan fingerprint density at radius 1 is 1.40 bits per heavy atom. The van der Waals surface area contributed by atoms with E-state index in [0.29, 0.717) is 12.6 Å². The van der Waals surface area contributed by atoms with Crippen molar-refractivity contribution >= 4 is 17.0 Å². The van der Waals surface area contributed by atoms with Crippen LogP contribution in [0.4, 0.5) is 5.69 Å². The van der Waals surface area contributed by atoms with E-state index in [1.165, 1.54) is 5.56 Å². The number of nitro benzene ring substituents is 1. The number of nitro groups is 1. The average Bonchev–Trinajstić information content (AvgIpc) is 2.90. The number of thiophene rings is 1. The summed E-state index contributed by atoms with van der Waals surface area (Å²) in [5, 5.41) is 18.6. The zero-order valence-corrected chi connectivity index (χ0v) is 12.4. The van der Waals surface area contributed by atoms with Crippen molar-refractivity contribution in [2.75, 3.05) is 0 Å². The highest BCUT2D eigenvalue weighted by Crippen LogP contribution is 2.21. The lowest BCUT2D eigenvalue weighted by Gasteiger charge is -2.14. The summed E-state index contributed by atoms with van der Waals surface area (Å²) in [6, 6.07) is 7.69. The van der Waals surface area contributed by atoms with Gasteiger partial charge in [-0.2, -0.15) is 11.3 Å². The molecule has 1 unspecified atom stereocenters. The minimum Gasteiger partial charge on any atom is -0.310 e. The van der Waals surface area contributed by atoms with E-state index in [0.717, 1.165) is 17.5 Å². The number of rotatable bonds is 6. The highest BCUT2D eigenvalue weighted by molar-refractivity contribution is 7.07. The van der Waals surface area contributed by atoms with Gasteiger partial charge in [0.15, 0.2) is 0 Å². The van der Waals surface area contributed by atoms with Gasteiger partial charge in [0.05, 0.1) is 4.92 Å². The monoisotopic (exact) mass is 290 g/mol. The van der Waals surface area contributed by atoms with Crippen molar-refractivity contribution in [2.45, 2.75) is 32.9 Å². The first kappa shape index (κ1) is 14.7. The van der Waals surface area contributed by atoms with E-state index in [4.69, 9.17) is 0 Å². The van der Waals surface area contributed by atoms with E-state index in [9.17, 15) is 10.1 Å². The fraction of sp³-hybridized carbons (Fsp3) is 0.333. The van der Waals surface area contributed by atoms with Gasteiger partial charge in [-0.05, 0) is 48.2 Å². The van der Waals surface area contributed by atoms with Crippen LogP contribution in [0.3, 0.4) is 0 Å². The van der Waals surface area contributed by atoms with Gasteiger partial charge >= 0.3 is 0 Å². The largest absolute Gasteiger partial charge is 0.310 e. The fourth-order valence-corrected chi connectivity index (χ4v) is 2.86. The second-order valence-corrected chi connectivity index (χ2v) is 5.72. The Balaban J connectivity index is 1.97. The molecule has 2 aromatic rings. The molecule has 0 saturated heterocycles. The summed E-state index contributed by atoms with van der Waals surface area (Å²) < 4.78 is 0. The van der Waals surface area contributed by atoms with Crippen molar-refractivity contribution < 1.29 is 4.92 Å². The third-order valence-corrected chi connectivity index (χ3v) is 4.11. The number of nitrogens with one attached hydrogen (secondary N) is 1. The topological polar surface area (TPSA) is 55.2 Å². The van der Waals surface area contributed by atoms with Crippen molar-refractivity contribution in [3.05, 3.63) is 61.8 Å². The molecule has 1 aromatic heterocycles. The molecule has 1 atom stereocenters. The van der Waals surface area contributed by atoms with E-state index in [-0.39, 0.29) is 10.6 Å². The van der Waals surface area contributed by atoms with Crippen LogP contribution in [0.25, 0.3) is 0 Å². The lowest BCUT2D eigenvalue weighted by atomic mass is 10.1. The van der Waals surface area contributed by atoms with E-state index in [2.05, 4.69) is 29.1 Å². The molecule has 0 radical (unpaired) electrons. The molecule has 0 fully saturated rings. The van der Waals surface area contributed by atoms with E-state index in [1.807, 2.05) is 6.07 Å². The maximum absolute atomic E-state index is 10.9. The maximum atomic E-state index is 10.9. The molecule has 0 bridgehead atoms. The molecule has 1 N–H and O–H groups in total. The number of hydrogen-bond acceptors (Lipinski definition) is 4.